The molecule has 1 aromatic carbocycles. The highest BCUT2D eigenvalue weighted by molar-refractivity contribution is 5.96. The summed E-state index contributed by atoms with van der Waals surface area (Å²) in [5.41, 5.74) is 0.409. The van der Waals surface area contributed by atoms with Crippen molar-refractivity contribution >= 4 is 11.9 Å². The summed E-state index contributed by atoms with van der Waals surface area (Å²) in [6.07, 6.45) is 0.915. The number of benzene rings is 1. The van der Waals surface area contributed by atoms with Gasteiger partial charge in [-0.05, 0) is 37.6 Å². The van der Waals surface area contributed by atoms with Gasteiger partial charge in [0.2, 0.25) is 0 Å². The van der Waals surface area contributed by atoms with Crippen LogP contribution in [0.4, 0.5) is 0 Å². The van der Waals surface area contributed by atoms with Gasteiger partial charge in [0.25, 0.3) is 5.91 Å². The number of hydrogen-bond donors (Lipinski definition) is 2. The second-order valence-electron chi connectivity index (χ2n) is 3.91. The van der Waals surface area contributed by atoms with Gasteiger partial charge in [-0.25, -0.2) is 0 Å². The number of ether oxygens (including phenoxy) is 1. The van der Waals surface area contributed by atoms with E-state index in [4.69, 9.17) is 9.84 Å². The van der Waals surface area contributed by atoms with Crippen LogP contribution in [-0.2, 0) is 4.79 Å². The van der Waals surface area contributed by atoms with Gasteiger partial charge >= 0.3 is 5.97 Å². The van der Waals surface area contributed by atoms with Crippen molar-refractivity contribution in [2.24, 2.45) is 0 Å². The van der Waals surface area contributed by atoms with Crippen LogP contribution in [-0.4, -0.2) is 29.6 Å². The fraction of sp³-hybridized carbons (Fsp3) is 0.385. The Hall–Kier alpha value is -2.04. The molecule has 0 fully saturated rings. The fourth-order valence-corrected chi connectivity index (χ4v) is 1.26. The molecule has 1 rings (SSSR count). The lowest BCUT2D eigenvalue weighted by atomic mass is 10.2. The minimum Gasteiger partial charge on any atom is -0.494 e. The number of aliphatic carboxylic acids is 1. The third-order valence-electron chi connectivity index (χ3n) is 2.31. The summed E-state index contributed by atoms with van der Waals surface area (Å²) in [5.74, 6) is -0.780. The summed E-state index contributed by atoms with van der Waals surface area (Å²) in [5, 5.41) is 11.1. The van der Waals surface area contributed by atoms with Crippen molar-refractivity contribution in [2.75, 3.05) is 6.61 Å². The van der Waals surface area contributed by atoms with Crippen molar-refractivity contribution in [3.8, 4) is 5.75 Å². The highest BCUT2D eigenvalue weighted by Gasteiger charge is 2.14. The van der Waals surface area contributed by atoms with Crippen LogP contribution in [0.3, 0.4) is 0 Å². The molecule has 0 spiro atoms. The van der Waals surface area contributed by atoms with E-state index in [2.05, 4.69) is 5.32 Å². The predicted molar refractivity (Wildman–Crippen MR) is 66.8 cm³/mol. The number of carbonyl (C=O) groups is 2. The zero-order valence-electron chi connectivity index (χ0n) is 10.5. The standard InChI is InChI=1S/C13H17NO4/c1-3-8-18-11-6-4-10(5-7-11)12(15)14-9(2)13(16)17/h4-7,9H,3,8H2,1-2H3,(H,14,15)(H,16,17)/t9-/m0/s1. The molecule has 0 radical (unpaired) electrons. The molecule has 0 saturated carbocycles. The number of rotatable bonds is 6. The van der Waals surface area contributed by atoms with Crippen LogP contribution < -0.4 is 10.1 Å². The Morgan fingerprint density at radius 1 is 1.33 bits per heavy atom. The third kappa shape index (κ3) is 4.08. The number of carboxylic acid groups (broad SMARTS) is 1. The molecule has 0 unspecified atom stereocenters. The monoisotopic (exact) mass is 251 g/mol. The maximum atomic E-state index is 11.7. The van der Waals surface area contributed by atoms with E-state index in [1.165, 1.54) is 6.92 Å². The summed E-state index contributed by atoms with van der Waals surface area (Å²) in [4.78, 5) is 22.3. The second-order valence-corrected chi connectivity index (χ2v) is 3.91. The van der Waals surface area contributed by atoms with Crippen molar-refractivity contribution in [1.29, 1.82) is 0 Å². The Balaban J connectivity index is 2.61. The molecule has 1 aromatic rings. The number of nitrogens with one attached hydrogen (secondary N) is 1. The SMILES string of the molecule is CCCOc1ccc(C(=O)N[C@@H](C)C(=O)O)cc1. The molecule has 1 atom stereocenters. The van der Waals surface area contributed by atoms with E-state index >= 15 is 0 Å². The van der Waals surface area contributed by atoms with Crippen LogP contribution in [0.2, 0.25) is 0 Å². The van der Waals surface area contributed by atoms with E-state index in [1.54, 1.807) is 24.3 Å². The minimum absolute atomic E-state index is 0.409. The van der Waals surface area contributed by atoms with Gasteiger partial charge in [0.15, 0.2) is 0 Å². The second kappa shape index (κ2) is 6.64. The topological polar surface area (TPSA) is 75.6 Å². The van der Waals surface area contributed by atoms with Gasteiger partial charge in [-0.1, -0.05) is 6.92 Å². The first kappa shape index (κ1) is 14.0. The molecular weight excluding hydrogens is 234 g/mol. The maximum Gasteiger partial charge on any atom is 0.325 e. The molecule has 2 N–H and O–H groups in total. The third-order valence-corrected chi connectivity index (χ3v) is 2.31. The van der Waals surface area contributed by atoms with E-state index in [1.807, 2.05) is 6.92 Å². The van der Waals surface area contributed by atoms with E-state index in [9.17, 15) is 9.59 Å². The maximum absolute atomic E-state index is 11.7. The molecule has 98 valence electrons. The fourth-order valence-electron chi connectivity index (χ4n) is 1.26. The van der Waals surface area contributed by atoms with Gasteiger partial charge in [-0.3, -0.25) is 9.59 Å². The Bertz CT molecular complexity index is 414. The van der Waals surface area contributed by atoms with E-state index in [-0.39, 0.29) is 0 Å². The van der Waals surface area contributed by atoms with E-state index in [0.29, 0.717) is 17.9 Å². The summed E-state index contributed by atoms with van der Waals surface area (Å²) >= 11 is 0. The molecule has 0 bridgehead atoms. The highest BCUT2D eigenvalue weighted by Crippen LogP contribution is 2.12. The highest BCUT2D eigenvalue weighted by atomic mass is 16.5. The van der Waals surface area contributed by atoms with Gasteiger partial charge in [-0.2, -0.15) is 0 Å². The van der Waals surface area contributed by atoms with Crippen molar-refractivity contribution in [3.05, 3.63) is 29.8 Å². The number of hydrogen-bond acceptors (Lipinski definition) is 3. The van der Waals surface area contributed by atoms with Gasteiger partial charge in [-0.15, -0.1) is 0 Å². The molecule has 18 heavy (non-hydrogen) atoms. The Labute approximate surface area is 106 Å². The van der Waals surface area contributed by atoms with Crippen molar-refractivity contribution in [1.82, 2.24) is 5.32 Å². The van der Waals surface area contributed by atoms with Crippen LogP contribution >= 0.6 is 0 Å². The van der Waals surface area contributed by atoms with Crippen molar-refractivity contribution in [3.63, 3.8) is 0 Å². The van der Waals surface area contributed by atoms with Crippen LogP contribution in [0.15, 0.2) is 24.3 Å². The lowest BCUT2D eigenvalue weighted by Gasteiger charge is -2.10. The van der Waals surface area contributed by atoms with Crippen molar-refractivity contribution in [2.45, 2.75) is 26.3 Å². The van der Waals surface area contributed by atoms with Gasteiger partial charge in [0.1, 0.15) is 11.8 Å². The first-order valence-electron chi connectivity index (χ1n) is 5.81. The van der Waals surface area contributed by atoms with E-state index < -0.39 is 17.9 Å². The molecule has 5 heteroatoms. The largest absolute Gasteiger partial charge is 0.494 e. The van der Waals surface area contributed by atoms with Gasteiger partial charge < -0.3 is 15.2 Å². The van der Waals surface area contributed by atoms with Gasteiger partial charge in [0, 0.05) is 5.56 Å². The summed E-state index contributed by atoms with van der Waals surface area (Å²) < 4.78 is 5.38. The molecule has 5 nitrogen and oxygen atoms in total. The zero-order valence-corrected chi connectivity index (χ0v) is 10.5. The first-order valence-corrected chi connectivity index (χ1v) is 5.81. The molecule has 0 aliphatic carbocycles. The summed E-state index contributed by atoms with van der Waals surface area (Å²) in [6.45, 7) is 4.05. The van der Waals surface area contributed by atoms with Crippen molar-refractivity contribution < 1.29 is 19.4 Å². The average molecular weight is 251 g/mol. The van der Waals surface area contributed by atoms with Crippen LogP contribution in [0.1, 0.15) is 30.6 Å². The first-order chi connectivity index (χ1) is 8.54. The zero-order chi connectivity index (χ0) is 13.5. The Kier molecular flexibility index (Phi) is 5.17. The van der Waals surface area contributed by atoms with Crippen LogP contribution in [0.25, 0.3) is 0 Å². The quantitative estimate of drug-likeness (QED) is 0.806. The average Bonchev–Trinajstić information content (AvgIpc) is 2.36. The minimum atomic E-state index is -1.06. The molecule has 0 saturated heterocycles. The molecule has 0 aromatic heterocycles. The van der Waals surface area contributed by atoms with Gasteiger partial charge in [0.05, 0.1) is 6.61 Å². The normalized spacial score (nSPS) is 11.7. The summed E-state index contributed by atoms with van der Waals surface area (Å²) in [7, 11) is 0. The lowest BCUT2D eigenvalue weighted by molar-refractivity contribution is -0.138. The molecule has 0 heterocycles. The number of carbonyl (C=O) groups excluding carboxylic acids is 1. The van der Waals surface area contributed by atoms with Crippen LogP contribution in [0, 0.1) is 0 Å². The molecular formula is C13H17NO4. The molecule has 1 amide bonds. The molecule has 0 aliphatic rings. The Morgan fingerprint density at radius 3 is 2.44 bits per heavy atom. The predicted octanol–water partition coefficient (Wildman–Crippen LogP) is 1.68. The number of carboxylic acids is 1. The van der Waals surface area contributed by atoms with E-state index in [0.717, 1.165) is 6.42 Å². The number of amides is 1. The summed E-state index contributed by atoms with van der Waals surface area (Å²) in [6, 6.07) is 5.68. The lowest BCUT2D eigenvalue weighted by Crippen LogP contribution is -2.38. The Morgan fingerprint density at radius 2 is 1.94 bits per heavy atom. The molecule has 0 aliphatic heterocycles. The van der Waals surface area contributed by atoms with Crippen LogP contribution in [0.5, 0.6) is 5.75 Å². The smallest absolute Gasteiger partial charge is 0.325 e.